The predicted molar refractivity (Wildman–Crippen MR) is 74.7 cm³/mol. The van der Waals surface area contributed by atoms with E-state index in [-0.39, 0.29) is 30.2 Å². The fourth-order valence-corrected chi connectivity index (χ4v) is 2.88. The first-order chi connectivity index (χ1) is 10.2. The molecule has 2 atom stereocenters. The van der Waals surface area contributed by atoms with Crippen LogP contribution in [0.25, 0.3) is 0 Å². The molecule has 0 unspecified atom stereocenters. The summed E-state index contributed by atoms with van der Waals surface area (Å²) in [4.78, 5) is 18.0. The van der Waals surface area contributed by atoms with Crippen LogP contribution >= 0.6 is 0 Å². The van der Waals surface area contributed by atoms with Crippen LogP contribution < -0.4 is 5.32 Å². The minimum absolute atomic E-state index is 0.0158. The maximum Gasteiger partial charge on any atom is 0.225 e. The molecule has 0 spiro atoms. The lowest BCUT2D eigenvalue weighted by molar-refractivity contribution is -0.126. The van der Waals surface area contributed by atoms with E-state index in [0.717, 1.165) is 12.8 Å². The SMILES string of the molecule is O=C(NC1CC1)[C@@H]1CN(Cc2ccncc2F)C[C@H]1CO. The second-order valence-electron chi connectivity index (χ2n) is 5.99. The lowest BCUT2D eigenvalue weighted by Gasteiger charge is -2.16. The molecule has 21 heavy (non-hydrogen) atoms. The second-order valence-corrected chi connectivity index (χ2v) is 5.99. The zero-order valence-corrected chi connectivity index (χ0v) is 11.8. The van der Waals surface area contributed by atoms with Gasteiger partial charge in [0.15, 0.2) is 0 Å². The largest absolute Gasteiger partial charge is 0.396 e. The number of aliphatic hydroxyl groups excluding tert-OH is 1. The lowest BCUT2D eigenvalue weighted by Crippen LogP contribution is -2.37. The molecule has 1 aromatic rings. The molecule has 2 heterocycles. The number of amides is 1. The van der Waals surface area contributed by atoms with Crippen LogP contribution in [0.15, 0.2) is 18.5 Å². The van der Waals surface area contributed by atoms with Crippen LogP contribution in [0.1, 0.15) is 18.4 Å². The highest BCUT2D eigenvalue weighted by Crippen LogP contribution is 2.27. The van der Waals surface area contributed by atoms with E-state index in [4.69, 9.17) is 0 Å². The van der Waals surface area contributed by atoms with E-state index in [1.165, 1.54) is 6.20 Å². The number of pyridine rings is 1. The molecule has 0 bridgehead atoms. The monoisotopic (exact) mass is 293 g/mol. The number of carbonyl (C=O) groups is 1. The van der Waals surface area contributed by atoms with Gasteiger partial charge in [0.1, 0.15) is 5.82 Å². The zero-order chi connectivity index (χ0) is 14.8. The van der Waals surface area contributed by atoms with Gasteiger partial charge in [-0.3, -0.25) is 14.7 Å². The van der Waals surface area contributed by atoms with Gasteiger partial charge in [-0.1, -0.05) is 0 Å². The molecule has 3 rings (SSSR count). The zero-order valence-electron chi connectivity index (χ0n) is 11.8. The van der Waals surface area contributed by atoms with Crippen molar-refractivity contribution in [1.29, 1.82) is 0 Å². The highest BCUT2D eigenvalue weighted by molar-refractivity contribution is 5.80. The average Bonchev–Trinajstić information content (AvgIpc) is 3.19. The molecule has 0 aromatic carbocycles. The van der Waals surface area contributed by atoms with E-state index in [9.17, 15) is 14.3 Å². The smallest absolute Gasteiger partial charge is 0.225 e. The molecule has 2 aliphatic rings. The van der Waals surface area contributed by atoms with Crippen molar-refractivity contribution in [2.24, 2.45) is 11.8 Å². The van der Waals surface area contributed by atoms with Crippen LogP contribution in [0.3, 0.4) is 0 Å². The molecule has 2 fully saturated rings. The highest BCUT2D eigenvalue weighted by Gasteiger charge is 2.38. The molecule has 114 valence electrons. The summed E-state index contributed by atoms with van der Waals surface area (Å²) < 4.78 is 13.6. The van der Waals surface area contributed by atoms with E-state index >= 15 is 0 Å². The third kappa shape index (κ3) is 3.39. The number of halogens is 1. The first-order valence-electron chi connectivity index (χ1n) is 7.39. The van der Waals surface area contributed by atoms with Crippen LogP contribution in [0.4, 0.5) is 4.39 Å². The topological polar surface area (TPSA) is 65.5 Å². The number of nitrogens with zero attached hydrogens (tertiary/aromatic N) is 2. The van der Waals surface area contributed by atoms with Crippen LogP contribution in [-0.2, 0) is 11.3 Å². The van der Waals surface area contributed by atoms with Crippen molar-refractivity contribution in [3.05, 3.63) is 29.8 Å². The van der Waals surface area contributed by atoms with Crippen LogP contribution in [0, 0.1) is 17.7 Å². The fraction of sp³-hybridized carbons (Fsp3) is 0.600. The van der Waals surface area contributed by atoms with E-state index in [1.54, 1.807) is 12.3 Å². The molecular weight excluding hydrogens is 273 g/mol. The third-order valence-electron chi connectivity index (χ3n) is 4.26. The Balaban J connectivity index is 1.63. The Morgan fingerprint density at radius 2 is 2.29 bits per heavy atom. The number of likely N-dealkylation sites (tertiary alicyclic amines) is 1. The minimum atomic E-state index is -0.330. The molecule has 1 saturated heterocycles. The van der Waals surface area contributed by atoms with E-state index in [0.29, 0.717) is 31.2 Å². The second kappa shape index (κ2) is 6.07. The average molecular weight is 293 g/mol. The van der Waals surface area contributed by atoms with Crippen molar-refractivity contribution in [2.45, 2.75) is 25.4 Å². The number of aliphatic hydroxyl groups is 1. The maximum atomic E-state index is 13.6. The summed E-state index contributed by atoms with van der Waals surface area (Å²) in [6.45, 7) is 1.60. The number of nitrogens with one attached hydrogen (secondary N) is 1. The summed E-state index contributed by atoms with van der Waals surface area (Å²) in [6, 6.07) is 1.98. The van der Waals surface area contributed by atoms with E-state index in [2.05, 4.69) is 10.3 Å². The summed E-state index contributed by atoms with van der Waals surface area (Å²) in [5, 5.41) is 12.5. The van der Waals surface area contributed by atoms with Crippen molar-refractivity contribution < 1.29 is 14.3 Å². The molecule has 6 heteroatoms. The molecule has 2 N–H and O–H groups in total. The summed E-state index contributed by atoms with van der Waals surface area (Å²) in [6.07, 6.45) is 4.86. The molecule has 1 aliphatic heterocycles. The summed E-state index contributed by atoms with van der Waals surface area (Å²) >= 11 is 0. The Morgan fingerprint density at radius 1 is 1.48 bits per heavy atom. The van der Waals surface area contributed by atoms with E-state index in [1.807, 2.05) is 4.90 Å². The van der Waals surface area contributed by atoms with Crippen LogP contribution in [0.2, 0.25) is 0 Å². The molecule has 1 amide bonds. The van der Waals surface area contributed by atoms with E-state index < -0.39 is 0 Å². The maximum absolute atomic E-state index is 13.6. The highest BCUT2D eigenvalue weighted by atomic mass is 19.1. The Bertz CT molecular complexity index is 521. The van der Waals surface area contributed by atoms with Gasteiger partial charge in [0.25, 0.3) is 0 Å². The first kappa shape index (κ1) is 14.4. The van der Waals surface area contributed by atoms with Gasteiger partial charge in [0.05, 0.1) is 12.1 Å². The molecular formula is C15H20FN3O2. The van der Waals surface area contributed by atoms with Crippen LogP contribution in [-0.4, -0.2) is 46.6 Å². The lowest BCUT2D eigenvalue weighted by atomic mass is 9.96. The summed E-state index contributed by atoms with van der Waals surface area (Å²) in [7, 11) is 0. The normalized spacial score (nSPS) is 26.0. The Hall–Kier alpha value is -1.53. The molecule has 1 aromatic heterocycles. The summed E-state index contributed by atoms with van der Waals surface area (Å²) in [5.74, 6) is -0.590. The van der Waals surface area contributed by atoms with Crippen molar-refractivity contribution in [3.63, 3.8) is 0 Å². The fourth-order valence-electron chi connectivity index (χ4n) is 2.88. The van der Waals surface area contributed by atoms with Gasteiger partial charge in [-0.15, -0.1) is 0 Å². The Morgan fingerprint density at radius 3 is 2.95 bits per heavy atom. The Labute approximate surface area is 123 Å². The molecule has 5 nitrogen and oxygen atoms in total. The van der Waals surface area contributed by atoms with Gasteiger partial charge in [0, 0.05) is 50.0 Å². The quantitative estimate of drug-likeness (QED) is 0.831. The van der Waals surface area contributed by atoms with Gasteiger partial charge in [-0.2, -0.15) is 0 Å². The van der Waals surface area contributed by atoms with Gasteiger partial charge in [-0.05, 0) is 18.9 Å². The molecule has 1 saturated carbocycles. The van der Waals surface area contributed by atoms with Crippen molar-refractivity contribution in [1.82, 2.24) is 15.2 Å². The van der Waals surface area contributed by atoms with Gasteiger partial charge in [0.2, 0.25) is 5.91 Å². The minimum Gasteiger partial charge on any atom is -0.396 e. The summed E-state index contributed by atoms with van der Waals surface area (Å²) in [5.41, 5.74) is 0.574. The van der Waals surface area contributed by atoms with Gasteiger partial charge >= 0.3 is 0 Å². The van der Waals surface area contributed by atoms with Gasteiger partial charge < -0.3 is 10.4 Å². The molecule has 1 aliphatic carbocycles. The Kier molecular flexibility index (Phi) is 4.17. The molecule has 0 radical (unpaired) electrons. The predicted octanol–water partition coefficient (Wildman–Crippen LogP) is 0.540. The van der Waals surface area contributed by atoms with Crippen molar-refractivity contribution in [2.75, 3.05) is 19.7 Å². The number of hydrogen-bond acceptors (Lipinski definition) is 4. The third-order valence-corrected chi connectivity index (χ3v) is 4.26. The van der Waals surface area contributed by atoms with Gasteiger partial charge in [-0.25, -0.2) is 4.39 Å². The standard InChI is InChI=1S/C15H20FN3O2/c16-14-5-17-4-3-10(14)6-19-7-11(9-20)13(8-19)15(21)18-12-1-2-12/h3-5,11-13,20H,1-2,6-9H2,(H,18,21)/t11-,13+/m0/s1. The first-order valence-corrected chi connectivity index (χ1v) is 7.39. The van der Waals surface area contributed by atoms with Crippen molar-refractivity contribution in [3.8, 4) is 0 Å². The number of carbonyl (C=O) groups excluding carboxylic acids is 1. The van der Waals surface area contributed by atoms with Crippen molar-refractivity contribution >= 4 is 5.91 Å². The number of rotatable bonds is 5. The number of aromatic nitrogens is 1. The van der Waals surface area contributed by atoms with Crippen LogP contribution in [0.5, 0.6) is 0 Å². The number of hydrogen-bond donors (Lipinski definition) is 2.